The van der Waals surface area contributed by atoms with Gasteiger partial charge in [0.1, 0.15) is 5.51 Å². The fourth-order valence-electron chi connectivity index (χ4n) is 1.79. The van der Waals surface area contributed by atoms with Crippen molar-refractivity contribution in [2.75, 3.05) is 10.6 Å². The van der Waals surface area contributed by atoms with Crippen molar-refractivity contribution in [2.45, 2.75) is 16.6 Å². The SMILES string of the molecule is O=C(C[C@@H]1Sc2ccccc2NC1=O)Nc1nncs1. The zero-order valence-electron chi connectivity index (χ0n) is 10.2. The summed E-state index contributed by atoms with van der Waals surface area (Å²) < 4.78 is 0. The molecule has 0 spiro atoms. The Kier molecular flexibility index (Phi) is 3.66. The molecule has 6 nitrogen and oxygen atoms in total. The Balaban J connectivity index is 1.66. The second-order valence-corrected chi connectivity index (χ2v) is 6.17. The van der Waals surface area contributed by atoms with Gasteiger partial charge in [-0.3, -0.25) is 9.59 Å². The predicted molar refractivity (Wildman–Crippen MR) is 77.9 cm³/mol. The number of carbonyl (C=O) groups is 2. The smallest absolute Gasteiger partial charge is 0.238 e. The second-order valence-electron chi connectivity index (χ2n) is 4.09. The Labute approximate surface area is 123 Å². The first kappa shape index (κ1) is 13.1. The van der Waals surface area contributed by atoms with E-state index in [0.717, 1.165) is 10.6 Å². The van der Waals surface area contributed by atoms with Crippen molar-refractivity contribution >= 4 is 45.7 Å². The molecule has 0 fully saturated rings. The van der Waals surface area contributed by atoms with Crippen molar-refractivity contribution in [3.05, 3.63) is 29.8 Å². The maximum atomic E-state index is 12.0. The highest BCUT2D eigenvalue weighted by atomic mass is 32.2. The zero-order chi connectivity index (χ0) is 13.9. The van der Waals surface area contributed by atoms with Gasteiger partial charge in [0.05, 0.1) is 10.9 Å². The molecule has 2 aromatic rings. The van der Waals surface area contributed by atoms with Crippen LogP contribution in [-0.2, 0) is 9.59 Å². The van der Waals surface area contributed by atoms with Crippen molar-refractivity contribution in [3.63, 3.8) is 0 Å². The van der Waals surface area contributed by atoms with Gasteiger partial charge in [-0.2, -0.15) is 0 Å². The normalized spacial score (nSPS) is 17.2. The van der Waals surface area contributed by atoms with Gasteiger partial charge in [-0.15, -0.1) is 22.0 Å². The van der Waals surface area contributed by atoms with Gasteiger partial charge in [0.25, 0.3) is 0 Å². The third kappa shape index (κ3) is 2.81. The van der Waals surface area contributed by atoms with Crippen LogP contribution in [0.5, 0.6) is 0 Å². The van der Waals surface area contributed by atoms with E-state index >= 15 is 0 Å². The van der Waals surface area contributed by atoms with E-state index in [1.54, 1.807) is 0 Å². The summed E-state index contributed by atoms with van der Waals surface area (Å²) in [6, 6.07) is 7.54. The minimum absolute atomic E-state index is 0.102. The first-order valence-corrected chi connectivity index (χ1v) is 7.61. The van der Waals surface area contributed by atoms with Crippen molar-refractivity contribution in [2.24, 2.45) is 0 Å². The summed E-state index contributed by atoms with van der Waals surface area (Å²) in [5.74, 6) is -0.394. The quantitative estimate of drug-likeness (QED) is 0.906. The van der Waals surface area contributed by atoms with E-state index in [9.17, 15) is 9.59 Å². The average molecular weight is 306 g/mol. The predicted octanol–water partition coefficient (Wildman–Crippen LogP) is 1.98. The summed E-state index contributed by atoms with van der Waals surface area (Å²) in [6.07, 6.45) is 0.102. The standard InChI is InChI=1S/C12H10N4O2S2/c17-10(15-12-16-13-6-19-12)5-9-11(18)14-7-3-1-2-4-8(7)20-9/h1-4,6,9H,5H2,(H,14,18)(H,15,16,17)/t9-/m0/s1. The minimum atomic E-state index is -0.433. The Bertz CT molecular complexity index is 645. The molecule has 2 N–H and O–H groups in total. The van der Waals surface area contributed by atoms with Crippen LogP contribution in [0.2, 0.25) is 0 Å². The lowest BCUT2D eigenvalue weighted by Crippen LogP contribution is -2.32. The Hall–Kier alpha value is -1.93. The van der Waals surface area contributed by atoms with Gasteiger partial charge in [-0.05, 0) is 12.1 Å². The molecule has 3 rings (SSSR count). The number of rotatable bonds is 3. The van der Waals surface area contributed by atoms with Crippen LogP contribution in [0.1, 0.15) is 6.42 Å². The number of nitrogens with zero attached hydrogens (tertiary/aromatic N) is 2. The van der Waals surface area contributed by atoms with Crippen LogP contribution in [0.25, 0.3) is 0 Å². The van der Waals surface area contributed by atoms with Crippen LogP contribution in [0.3, 0.4) is 0 Å². The number of hydrogen-bond acceptors (Lipinski definition) is 6. The van der Waals surface area contributed by atoms with Crippen molar-refractivity contribution < 1.29 is 9.59 Å². The fraction of sp³-hybridized carbons (Fsp3) is 0.167. The molecule has 20 heavy (non-hydrogen) atoms. The number of anilines is 2. The summed E-state index contributed by atoms with van der Waals surface area (Å²) in [7, 11) is 0. The molecule has 2 heterocycles. The zero-order valence-corrected chi connectivity index (χ0v) is 11.8. The number of benzene rings is 1. The van der Waals surface area contributed by atoms with Crippen molar-refractivity contribution in [1.29, 1.82) is 0 Å². The lowest BCUT2D eigenvalue weighted by atomic mass is 10.2. The molecule has 8 heteroatoms. The van der Waals surface area contributed by atoms with Gasteiger partial charge in [0.15, 0.2) is 0 Å². The third-order valence-electron chi connectivity index (χ3n) is 2.68. The lowest BCUT2D eigenvalue weighted by Gasteiger charge is -2.23. The highest BCUT2D eigenvalue weighted by Crippen LogP contribution is 2.36. The number of thioether (sulfide) groups is 1. The molecule has 1 aromatic heterocycles. The highest BCUT2D eigenvalue weighted by Gasteiger charge is 2.28. The topological polar surface area (TPSA) is 84.0 Å². The first-order chi connectivity index (χ1) is 9.72. The van der Waals surface area contributed by atoms with Crippen LogP contribution in [0, 0.1) is 0 Å². The molecule has 0 aliphatic carbocycles. The van der Waals surface area contributed by atoms with E-state index in [0.29, 0.717) is 5.13 Å². The van der Waals surface area contributed by atoms with Gasteiger partial charge in [-0.1, -0.05) is 23.5 Å². The third-order valence-corrected chi connectivity index (χ3v) is 4.57. The highest BCUT2D eigenvalue weighted by molar-refractivity contribution is 8.01. The van der Waals surface area contributed by atoms with E-state index in [2.05, 4.69) is 20.8 Å². The molecule has 2 amide bonds. The van der Waals surface area contributed by atoms with Crippen LogP contribution in [-0.4, -0.2) is 27.3 Å². The van der Waals surface area contributed by atoms with Gasteiger partial charge in [0.2, 0.25) is 16.9 Å². The van der Waals surface area contributed by atoms with E-state index < -0.39 is 5.25 Å². The largest absolute Gasteiger partial charge is 0.324 e. The number of nitrogens with one attached hydrogen (secondary N) is 2. The van der Waals surface area contributed by atoms with Crippen molar-refractivity contribution in [3.8, 4) is 0 Å². The molecule has 0 unspecified atom stereocenters. The van der Waals surface area contributed by atoms with Gasteiger partial charge in [-0.25, -0.2) is 0 Å². The number of carbonyl (C=O) groups excluding carboxylic acids is 2. The van der Waals surface area contributed by atoms with Gasteiger partial charge in [0, 0.05) is 11.3 Å². The Morgan fingerprint density at radius 3 is 3.05 bits per heavy atom. The van der Waals surface area contributed by atoms with E-state index in [-0.39, 0.29) is 18.2 Å². The van der Waals surface area contributed by atoms with E-state index in [1.165, 1.54) is 28.6 Å². The average Bonchev–Trinajstić information content (AvgIpc) is 2.92. The molecule has 0 bridgehead atoms. The Morgan fingerprint density at radius 1 is 1.40 bits per heavy atom. The summed E-state index contributed by atoms with van der Waals surface area (Å²) >= 11 is 2.64. The van der Waals surface area contributed by atoms with Gasteiger partial charge >= 0.3 is 0 Å². The van der Waals surface area contributed by atoms with Crippen LogP contribution >= 0.6 is 23.1 Å². The molecule has 1 aliphatic rings. The molecule has 1 aliphatic heterocycles. The molecule has 1 aromatic carbocycles. The minimum Gasteiger partial charge on any atom is -0.324 e. The molecular formula is C12H10N4O2S2. The summed E-state index contributed by atoms with van der Waals surface area (Å²) in [6.45, 7) is 0. The summed E-state index contributed by atoms with van der Waals surface area (Å²) in [5, 5.41) is 12.8. The monoisotopic (exact) mass is 306 g/mol. The number of fused-ring (bicyclic) bond motifs is 1. The molecule has 0 radical (unpaired) electrons. The number of aromatic nitrogens is 2. The maximum absolute atomic E-state index is 12.0. The fourth-order valence-corrected chi connectivity index (χ4v) is 3.36. The first-order valence-electron chi connectivity index (χ1n) is 5.85. The molecular weight excluding hydrogens is 296 g/mol. The molecule has 0 saturated heterocycles. The van der Waals surface area contributed by atoms with Crippen LogP contribution < -0.4 is 10.6 Å². The summed E-state index contributed by atoms with van der Waals surface area (Å²) in [5.41, 5.74) is 2.33. The lowest BCUT2D eigenvalue weighted by molar-refractivity contribution is -0.120. The van der Waals surface area contributed by atoms with Crippen LogP contribution in [0.15, 0.2) is 34.7 Å². The van der Waals surface area contributed by atoms with E-state index in [4.69, 9.17) is 0 Å². The number of amides is 2. The molecule has 102 valence electrons. The molecule has 1 atom stereocenters. The van der Waals surface area contributed by atoms with Crippen LogP contribution in [0.4, 0.5) is 10.8 Å². The number of para-hydroxylation sites is 1. The second kappa shape index (κ2) is 5.59. The maximum Gasteiger partial charge on any atom is 0.238 e. The Morgan fingerprint density at radius 2 is 2.25 bits per heavy atom. The van der Waals surface area contributed by atoms with E-state index in [1.807, 2.05) is 24.3 Å². The van der Waals surface area contributed by atoms with Gasteiger partial charge < -0.3 is 10.6 Å². The summed E-state index contributed by atoms with van der Waals surface area (Å²) in [4.78, 5) is 24.8. The van der Waals surface area contributed by atoms with Crippen molar-refractivity contribution in [1.82, 2.24) is 10.2 Å². The molecule has 0 saturated carbocycles. The number of hydrogen-bond donors (Lipinski definition) is 2.